The minimum atomic E-state index is 0.625. The van der Waals surface area contributed by atoms with Gasteiger partial charge in [0, 0.05) is 24.8 Å². The van der Waals surface area contributed by atoms with E-state index in [1.807, 2.05) is 0 Å². The molecule has 0 amide bonds. The maximum absolute atomic E-state index is 3.61. The maximum atomic E-state index is 3.61. The number of nitrogens with one attached hydrogen (secondary N) is 1. The molecule has 0 spiro atoms. The summed E-state index contributed by atoms with van der Waals surface area (Å²) in [6, 6.07) is 7.29. The molecule has 1 N–H and O–H groups in total. The number of hydrogen-bond donors (Lipinski definition) is 1. The Bertz CT molecular complexity index is 400. The lowest BCUT2D eigenvalue weighted by molar-refractivity contribution is 0.410. The second-order valence-electron chi connectivity index (χ2n) is 5.87. The summed E-state index contributed by atoms with van der Waals surface area (Å²) in [7, 11) is 0. The molecular formula is C16H26N2. The number of benzene rings is 1. The van der Waals surface area contributed by atoms with E-state index in [9.17, 15) is 0 Å². The van der Waals surface area contributed by atoms with Gasteiger partial charge in [0.05, 0.1) is 0 Å². The topological polar surface area (TPSA) is 15.3 Å². The Morgan fingerprint density at radius 3 is 2.78 bits per heavy atom. The molecule has 2 rings (SSSR count). The summed E-state index contributed by atoms with van der Waals surface area (Å²) in [4.78, 5) is 2.57. The Morgan fingerprint density at radius 1 is 1.22 bits per heavy atom. The molecular weight excluding hydrogens is 220 g/mol. The Hall–Kier alpha value is -1.02. The van der Waals surface area contributed by atoms with Crippen molar-refractivity contribution in [3.8, 4) is 0 Å². The molecule has 2 atom stereocenters. The largest absolute Gasteiger partial charge is 0.371 e. The lowest BCUT2D eigenvalue weighted by Gasteiger charge is -2.34. The fourth-order valence-corrected chi connectivity index (χ4v) is 2.68. The van der Waals surface area contributed by atoms with Gasteiger partial charge in [-0.25, -0.2) is 0 Å². The number of anilines is 1. The van der Waals surface area contributed by atoms with Crippen molar-refractivity contribution < 1.29 is 0 Å². The van der Waals surface area contributed by atoms with Gasteiger partial charge < -0.3 is 10.2 Å². The molecule has 2 nitrogen and oxygen atoms in total. The fourth-order valence-electron chi connectivity index (χ4n) is 2.68. The van der Waals surface area contributed by atoms with Crippen LogP contribution in [0.5, 0.6) is 0 Å². The van der Waals surface area contributed by atoms with Crippen LogP contribution in [-0.2, 0) is 0 Å². The third-order valence-electron chi connectivity index (χ3n) is 4.10. The minimum absolute atomic E-state index is 0.625. The predicted molar refractivity (Wildman–Crippen MR) is 79.4 cm³/mol. The highest BCUT2D eigenvalue weighted by atomic mass is 15.1. The zero-order valence-electron chi connectivity index (χ0n) is 12.2. The number of rotatable bonds is 1. The molecule has 1 aliphatic heterocycles. The van der Waals surface area contributed by atoms with Gasteiger partial charge in [0.1, 0.15) is 0 Å². The Labute approximate surface area is 111 Å². The Morgan fingerprint density at radius 2 is 2.00 bits per heavy atom. The van der Waals surface area contributed by atoms with Gasteiger partial charge >= 0.3 is 0 Å². The standard InChI is InChI=1S/C16H26N2/c1-12-10-17-14(3)8-9-18(11-12)16-7-5-6-13(2)15(16)4/h5-7,12,14,17H,8-11H2,1-4H3. The highest BCUT2D eigenvalue weighted by molar-refractivity contribution is 5.56. The smallest absolute Gasteiger partial charge is 0.0398 e. The molecule has 0 bridgehead atoms. The molecule has 1 aromatic carbocycles. The normalized spacial score (nSPS) is 25.7. The number of aryl methyl sites for hydroxylation is 1. The lowest BCUT2D eigenvalue weighted by Crippen LogP contribution is -2.42. The van der Waals surface area contributed by atoms with Gasteiger partial charge in [-0.15, -0.1) is 0 Å². The van der Waals surface area contributed by atoms with Crippen molar-refractivity contribution >= 4 is 5.69 Å². The van der Waals surface area contributed by atoms with Gasteiger partial charge in [-0.1, -0.05) is 19.1 Å². The Kier molecular flexibility index (Phi) is 4.28. The summed E-state index contributed by atoms with van der Waals surface area (Å²) in [6.45, 7) is 12.5. The SMILES string of the molecule is Cc1cccc(N2CCC(C)NCC(C)C2)c1C. The Balaban J connectivity index is 2.21. The number of nitrogens with zero attached hydrogens (tertiary/aromatic N) is 1. The van der Waals surface area contributed by atoms with Crippen molar-refractivity contribution in [1.29, 1.82) is 0 Å². The molecule has 1 fully saturated rings. The monoisotopic (exact) mass is 246 g/mol. The maximum Gasteiger partial charge on any atom is 0.0398 e. The predicted octanol–water partition coefficient (Wildman–Crippen LogP) is 3.13. The van der Waals surface area contributed by atoms with E-state index in [1.54, 1.807) is 0 Å². The van der Waals surface area contributed by atoms with E-state index in [0.717, 1.165) is 19.6 Å². The highest BCUT2D eigenvalue weighted by Crippen LogP contribution is 2.24. The first-order chi connectivity index (χ1) is 8.58. The molecule has 0 aliphatic carbocycles. The van der Waals surface area contributed by atoms with Crippen LogP contribution in [0.15, 0.2) is 18.2 Å². The summed E-state index contributed by atoms with van der Waals surface area (Å²) >= 11 is 0. The fraction of sp³-hybridized carbons (Fsp3) is 0.625. The van der Waals surface area contributed by atoms with E-state index in [0.29, 0.717) is 12.0 Å². The van der Waals surface area contributed by atoms with Crippen molar-refractivity contribution in [2.75, 3.05) is 24.5 Å². The van der Waals surface area contributed by atoms with E-state index in [1.165, 1.54) is 23.2 Å². The average molecular weight is 246 g/mol. The molecule has 100 valence electrons. The molecule has 1 saturated heterocycles. The molecule has 0 saturated carbocycles. The van der Waals surface area contributed by atoms with Gasteiger partial charge in [0.25, 0.3) is 0 Å². The van der Waals surface area contributed by atoms with E-state index in [4.69, 9.17) is 0 Å². The van der Waals surface area contributed by atoms with Gasteiger partial charge in [-0.3, -0.25) is 0 Å². The van der Waals surface area contributed by atoms with Crippen LogP contribution in [0.3, 0.4) is 0 Å². The molecule has 1 aliphatic rings. The van der Waals surface area contributed by atoms with Gasteiger partial charge in [0.2, 0.25) is 0 Å². The van der Waals surface area contributed by atoms with Crippen LogP contribution >= 0.6 is 0 Å². The zero-order valence-corrected chi connectivity index (χ0v) is 12.2. The van der Waals surface area contributed by atoms with Crippen LogP contribution in [0.2, 0.25) is 0 Å². The average Bonchev–Trinajstić information content (AvgIpc) is 2.33. The van der Waals surface area contributed by atoms with Gasteiger partial charge in [0.15, 0.2) is 0 Å². The first kappa shape index (κ1) is 13.4. The van der Waals surface area contributed by atoms with Gasteiger partial charge in [-0.2, -0.15) is 0 Å². The van der Waals surface area contributed by atoms with Crippen molar-refractivity contribution in [3.05, 3.63) is 29.3 Å². The van der Waals surface area contributed by atoms with E-state index >= 15 is 0 Å². The van der Waals surface area contributed by atoms with E-state index < -0.39 is 0 Å². The van der Waals surface area contributed by atoms with E-state index in [2.05, 4.69) is 56.1 Å². The van der Waals surface area contributed by atoms with Crippen LogP contribution in [-0.4, -0.2) is 25.7 Å². The molecule has 2 unspecified atom stereocenters. The highest BCUT2D eigenvalue weighted by Gasteiger charge is 2.18. The van der Waals surface area contributed by atoms with Crippen molar-refractivity contribution in [2.24, 2.45) is 5.92 Å². The minimum Gasteiger partial charge on any atom is -0.371 e. The van der Waals surface area contributed by atoms with Crippen molar-refractivity contribution in [1.82, 2.24) is 5.32 Å². The van der Waals surface area contributed by atoms with Crippen LogP contribution in [0.1, 0.15) is 31.4 Å². The first-order valence-corrected chi connectivity index (χ1v) is 7.12. The summed E-state index contributed by atoms with van der Waals surface area (Å²) in [5.41, 5.74) is 4.26. The molecule has 0 radical (unpaired) electrons. The van der Waals surface area contributed by atoms with Crippen LogP contribution < -0.4 is 10.2 Å². The molecule has 1 aromatic rings. The second kappa shape index (κ2) is 5.75. The molecule has 18 heavy (non-hydrogen) atoms. The third kappa shape index (κ3) is 3.05. The zero-order chi connectivity index (χ0) is 13.1. The number of hydrogen-bond acceptors (Lipinski definition) is 2. The second-order valence-corrected chi connectivity index (χ2v) is 5.87. The van der Waals surface area contributed by atoms with Crippen molar-refractivity contribution in [2.45, 2.75) is 40.2 Å². The summed E-state index contributed by atoms with van der Waals surface area (Å²) in [6.07, 6.45) is 1.22. The molecule has 2 heteroatoms. The third-order valence-corrected chi connectivity index (χ3v) is 4.10. The first-order valence-electron chi connectivity index (χ1n) is 7.12. The summed E-state index contributed by atoms with van der Waals surface area (Å²) < 4.78 is 0. The van der Waals surface area contributed by atoms with Crippen LogP contribution in [0, 0.1) is 19.8 Å². The molecule has 0 aromatic heterocycles. The van der Waals surface area contributed by atoms with E-state index in [-0.39, 0.29) is 0 Å². The summed E-state index contributed by atoms with van der Waals surface area (Å²) in [5.74, 6) is 0.702. The lowest BCUT2D eigenvalue weighted by atomic mass is 10.0. The quantitative estimate of drug-likeness (QED) is 0.819. The van der Waals surface area contributed by atoms with Crippen molar-refractivity contribution in [3.63, 3.8) is 0 Å². The van der Waals surface area contributed by atoms with Crippen LogP contribution in [0.4, 0.5) is 5.69 Å². The molecule has 1 heterocycles. The van der Waals surface area contributed by atoms with Crippen LogP contribution in [0.25, 0.3) is 0 Å². The van der Waals surface area contributed by atoms with Gasteiger partial charge in [-0.05, 0) is 56.8 Å². The summed E-state index contributed by atoms with van der Waals surface area (Å²) in [5, 5.41) is 3.61.